The van der Waals surface area contributed by atoms with E-state index in [1.54, 1.807) is 41.0 Å². The van der Waals surface area contributed by atoms with Crippen molar-refractivity contribution in [3.8, 4) is 11.5 Å². The zero-order valence-electron chi connectivity index (χ0n) is 17.4. The van der Waals surface area contributed by atoms with Gasteiger partial charge in [0.15, 0.2) is 4.80 Å². The molecule has 0 aliphatic rings. The maximum Gasteiger partial charge on any atom is 0.325 e. The third kappa shape index (κ3) is 4.92. The average molecular weight is 443 g/mol. The number of amides is 2. The van der Waals surface area contributed by atoms with E-state index in [0.29, 0.717) is 27.5 Å². The Balaban J connectivity index is 2.13. The first-order chi connectivity index (χ1) is 14.9. The van der Waals surface area contributed by atoms with E-state index in [0.717, 1.165) is 4.70 Å². The fraction of sp³-hybridized carbons (Fsp3) is 0.238. The number of nitrogens with one attached hydrogen (secondary N) is 1. The van der Waals surface area contributed by atoms with Crippen molar-refractivity contribution in [3.05, 3.63) is 46.8 Å². The van der Waals surface area contributed by atoms with Gasteiger partial charge in [-0.25, -0.2) is 0 Å². The lowest BCUT2D eigenvalue weighted by Crippen LogP contribution is -2.22. The number of ether oxygens (including phenoxy) is 3. The molecule has 3 rings (SSSR count). The van der Waals surface area contributed by atoms with Crippen molar-refractivity contribution in [3.63, 3.8) is 0 Å². The first-order valence-corrected chi connectivity index (χ1v) is 9.96. The van der Waals surface area contributed by atoms with Gasteiger partial charge in [-0.1, -0.05) is 11.3 Å². The number of nitrogens with zero attached hydrogens (tertiary/aromatic N) is 2. The summed E-state index contributed by atoms with van der Waals surface area (Å²) in [5.74, 6) is -0.360. The Kier molecular flexibility index (Phi) is 6.71. The fourth-order valence-corrected chi connectivity index (χ4v) is 3.98. The normalized spacial score (nSPS) is 11.3. The monoisotopic (exact) mass is 443 g/mol. The molecule has 1 N–H and O–H groups in total. The summed E-state index contributed by atoms with van der Waals surface area (Å²) in [6, 6.07) is 10.0. The fourth-order valence-electron chi connectivity index (χ4n) is 2.91. The summed E-state index contributed by atoms with van der Waals surface area (Å²) < 4.78 is 17.6. The molecule has 0 atom stereocenters. The second-order valence-electron chi connectivity index (χ2n) is 6.39. The molecule has 0 unspecified atom stereocenters. The van der Waals surface area contributed by atoms with Gasteiger partial charge in [0.05, 0.1) is 37.1 Å². The lowest BCUT2D eigenvalue weighted by atomic mass is 10.2. The van der Waals surface area contributed by atoms with E-state index in [-0.39, 0.29) is 18.0 Å². The van der Waals surface area contributed by atoms with Crippen molar-refractivity contribution in [1.29, 1.82) is 0 Å². The molecule has 10 heteroatoms. The maximum absolute atomic E-state index is 12.9. The highest BCUT2D eigenvalue weighted by molar-refractivity contribution is 7.16. The summed E-state index contributed by atoms with van der Waals surface area (Å²) in [5, 5.41) is 2.71. The molecule has 162 valence electrons. The smallest absolute Gasteiger partial charge is 0.325 e. The number of carbonyl (C=O) groups excluding carboxylic acids is 3. The zero-order valence-corrected chi connectivity index (χ0v) is 18.2. The number of esters is 1. The van der Waals surface area contributed by atoms with Gasteiger partial charge < -0.3 is 24.1 Å². The molecule has 0 bridgehead atoms. The minimum absolute atomic E-state index is 0.123. The van der Waals surface area contributed by atoms with Crippen LogP contribution < -0.4 is 19.6 Å². The van der Waals surface area contributed by atoms with Crippen molar-refractivity contribution in [2.45, 2.75) is 13.5 Å². The van der Waals surface area contributed by atoms with Crippen molar-refractivity contribution in [2.75, 3.05) is 26.6 Å². The van der Waals surface area contributed by atoms with Crippen LogP contribution in [0.4, 0.5) is 5.69 Å². The number of hydrogen-bond acceptors (Lipinski definition) is 7. The number of thiazole rings is 1. The Morgan fingerprint density at radius 2 is 1.84 bits per heavy atom. The third-order valence-corrected chi connectivity index (χ3v) is 5.40. The summed E-state index contributed by atoms with van der Waals surface area (Å²) in [4.78, 5) is 40.8. The van der Waals surface area contributed by atoms with E-state index >= 15 is 0 Å². The van der Waals surface area contributed by atoms with Crippen LogP contribution in [0.3, 0.4) is 0 Å². The number of methoxy groups -OCH3 is 3. The highest BCUT2D eigenvalue weighted by atomic mass is 32.1. The number of carbonyl (C=O) groups is 3. The topological polar surface area (TPSA) is 108 Å². The first-order valence-electron chi connectivity index (χ1n) is 9.15. The first kappa shape index (κ1) is 22.0. The standard InChI is InChI=1S/C21H21N3O6S/c1-12(25)22-13-5-8-16-18(9-13)31-21(24(16)11-19(26)30-4)23-20(27)15-7-6-14(28-2)10-17(15)29-3/h5-10H,11H2,1-4H3,(H,22,25). The summed E-state index contributed by atoms with van der Waals surface area (Å²) >= 11 is 1.21. The molecular weight excluding hydrogens is 422 g/mol. The third-order valence-electron chi connectivity index (χ3n) is 4.35. The van der Waals surface area contributed by atoms with E-state index in [1.165, 1.54) is 39.6 Å². The molecule has 0 saturated heterocycles. The molecule has 9 nitrogen and oxygen atoms in total. The second kappa shape index (κ2) is 9.43. The van der Waals surface area contributed by atoms with Crippen molar-refractivity contribution in [1.82, 2.24) is 4.57 Å². The number of hydrogen-bond donors (Lipinski definition) is 1. The molecule has 1 aromatic heterocycles. The second-order valence-corrected chi connectivity index (χ2v) is 7.40. The molecule has 1 heterocycles. The van der Waals surface area contributed by atoms with Crippen LogP contribution in [0.15, 0.2) is 41.4 Å². The minimum atomic E-state index is -0.535. The molecule has 2 aromatic carbocycles. The number of anilines is 1. The van der Waals surface area contributed by atoms with Gasteiger partial charge in [-0.15, -0.1) is 0 Å². The molecular formula is C21H21N3O6S. The van der Waals surface area contributed by atoms with Gasteiger partial charge in [-0.2, -0.15) is 4.99 Å². The Morgan fingerprint density at radius 1 is 1.06 bits per heavy atom. The van der Waals surface area contributed by atoms with E-state index in [4.69, 9.17) is 14.2 Å². The van der Waals surface area contributed by atoms with E-state index in [2.05, 4.69) is 10.3 Å². The van der Waals surface area contributed by atoms with Crippen LogP contribution in [0.1, 0.15) is 17.3 Å². The molecule has 0 aliphatic heterocycles. The van der Waals surface area contributed by atoms with Crippen LogP contribution in [0, 0.1) is 0 Å². The summed E-state index contributed by atoms with van der Waals surface area (Å²) in [5.41, 5.74) is 1.53. The molecule has 0 radical (unpaired) electrons. The van der Waals surface area contributed by atoms with Gasteiger partial charge in [0, 0.05) is 18.7 Å². The van der Waals surface area contributed by atoms with Crippen LogP contribution >= 0.6 is 11.3 Å². The quantitative estimate of drug-likeness (QED) is 0.587. The van der Waals surface area contributed by atoms with Gasteiger partial charge >= 0.3 is 5.97 Å². The predicted molar refractivity (Wildman–Crippen MR) is 116 cm³/mol. The molecule has 0 spiro atoms. The highest BCUT2D eigenvalue weighted by Gasteiger charge is 2.16. The molecule has 0 fully saturated rings. The number of fused-ring (bicyclic) bond motifs is 1. The van der Waals surface area contributed by atoms with Crippen molar-refractivity contribution in [2.24, 2.45) is 4.99 Å². The van der Waals surface area contributed by atoms with E-state index < -0.39 is 11.9 Å². The van der Waals surface area contributed by atoms with Crippen molar-refractivity contribution >= 4 is 45.0 Å². The Morgan fingerprint density at radius 3 is 2.48 bits per heavy atom. The van der Waals surface area contributed by atoms with Crippen LogP contribution in [-0.4, -0.2) is 43.7 Å². The Hall–Kier alpha value is -3.66. The predicted octanol–water partition coefficient (Wildman–Crippen LogP) is 2.59. The number of benzene rings is 2. The average Bonchev–Trinajstić information content (AvgIpc) is 3.08. The Labute approximate surface area is 181 Å². The van der Waals surface area contributed by atoms with Crippen LogP contribution in [0.25, 0.3) is 10.2 Å². The number of rotatable bonds is 6. The Bertz CT molecular complexity index is 1230. The highest BCUT2D eigenvalue weighted by Crippen LogP contribution is 2.26. The molecule has 0 aliphatic carbocycles. The lowest BCUT2D eigenvalue weighted by Gasteiger charge is -2.08. The molecule has 2 amide bonds. The summed E-state index contributed by atoms with van der Waals surface area (Å²) in [6.45, 7) is 1.29. The SMILES string of the molecule is COC(=O)Cn1c(=NC(=O)c2ccc(OC)cc2OC)sc2cc(NC(C)=O)ccc21. The molecule has 0 saturated carbocycles. The van der Waals surface area contributed by atoms with Gasteiger partial charge in [0.2, 0.25) is 5.91 Å². The maximum atomic E-state index is 12.9. The van der Waals surface area contributed by atoms with Gasteiger partial charge in [0.1, 0.15) is 18.0 Å². The minimum Gasteiger partial charge on any atom is -0.497 e. The van der Waals surface area contributed by atoms with Gasteiger partial charge in [-0.05, 0) is 30.3 Å². The van der Waals surface area contributed by atoms with Crippen LogP contribution in [-0.2, 0) is 20.9 Å². The summed E-state index contributed by atoms with van der Waals surface area (Å²) in [7, 11) is 4.26. The lowest BCUT2D eigenvalue weighted by molar-refractivity contribution is -0.141. The van der Waals surface area contributed by atoms with E-state index in [9.17, 15) is 14.4 Å². The zero-order chi connectivity index (χ0) is 22.5. The van der Waals surface area contributed by atoms with Crippen LogP contribution in [0.5, 0.6) is 11.5 Å². The van der Waals surface area contributed by atoms with E-state index in [1.807, 2.05) is 0 Å². The largest absolute Gasteiger partial charge is 0.497 e. The molecule has 3 aromatic rings. The summed E-state index contributed by atoms with van der Waals surface area (Å²) in [6.07, 6.45) is 0. The van der Waals surface area contributed by atoms with Gasteiger partial charge in [0.25, 0.3) is 5.91 Å². The molecule has 31 heavy (non-hydrogen) atoms. The van der Waals surface area contributed by atoms with Crippen LogP contribution in [0.2, 0.25) is 0 Å². The number of aromatic nitrogens is 1. The van der Waals surface area contributed by atoms with Gasteiger partial charge in [-0.3, -0.25) is 14.4 Å². The van der Waals surface area contributed by atoms with Crippen molar-refractivity contribution < 1.29 is 28.6 Å².